The Bertz CT molecular complexity index is 541. The number of hydrogen-bond acceptors (Lipinski definition) is 3. The molecule has 0 radical (unpaired) electrons. The van der Waals surface area contributed by atoms with Crippen molar-refractivity contribution in [3.05, 3.63) is 35.4 Å². The summed E-state index contributed by atoms with van der Waals surface area (Å²) < 4.78 is 31.6. The minimum absolute atomic E-state index is 0.383. The third-order valence-electron chi connectivity index (χ3n) is 2.84. The van der Waals surface area contributed by atoms with Gasteiger partial charge in [-0.3, -0.25) is 4.99 Å². The summed E-state index contributed by atoms with van der Waals surface area (Å²) in [5.41, 5.74) is 0.355. The molecule has 0 unspecified atom stereocenters. The van der Waals surface area contributed by atoms with E-state index < -0.39 is 29.2 Å². The lowest BCUT2D eigenvalue weighted by Gasteiger charge is -2.20. The first-order chi connectivity index (χ1) is 9.24. The monoisotopic (exact) mass is 281 g/mol. The first-order valence-corrected chi connectivity index (χ1v) is 6.50. The minimum atomic E-state index is -0.650. The van der Waals surface area contributed by atoms with Crippen LogP contribution in [0, 0.1) is 11.6 Å². The molecule has 1 aliphatic heterocycles. The Balaban J connectivity index is 2.16. The molecule has 20 heavy (non-hydrogen) atoms. The number of rotatable bonds is 2. The third-order valence-corrected chi connectivity index (χ3v) is 2.84. The van der Waals surface area contributed by atoms with Gasteiger partial charge in [-0.2, -0.15) is 0 Å². The summed E-state index contributed by atoms with van der Waals surface area (Å²) in [4.78, 5) is 16.1. The molecule has 1 heterocycles. The molecular formula is C15H17F2NO2. The average Bonchev–Trinajstić information content (AvgIpc) is 2.74. The van der Waals surface area contributed by atoms with Crippen molar-refractivity contribution in [2.24, 2.45) is 4.99 Å². The van der Waals surface area contributed by atoms with E-state index in [0.717, 1.165) is 6.07 Å². The number of halogens is 2. The molecule has 0 bridgehead atoms. The van der Waals surface area contributed by atoms with Gasteiger partial charge in [0.25, 0.3) is 0 Å². The smallest absolute Gasteiger partial charge is 0.331 e. The molecule has 0 amide bonds. The van der Waals surface area contributed by atoms with Crippen LogP contribution in [0.5, 0.6) is 0 Å². The number of carbonyl (C=O) groups excluding carboxylic acids is 1. The maximum absolute atomic E-state index is 13.2. The van der Waals surface area contributed by atoms with Crippen molar-refractivity contribution in [2.75, 3.05) is 0 Å². The second kappa shape index (κ2) is 5.31. The van der Waals surface area contributed by atoms with Crippen molar-refractivity contribution in [3.8, 4) is 0 Å². The molecule has 0 saturated heterocycles. The Morgan fingerprint density at radius 2 is 1.85 bits per heavy atom. The van der Waals surface area contributed by atoms with Crippen LogP contribution in [0.15, 0.2) is 23.2 Å². The van der Waals surface area contributed by atoms with Crippen molar-refractivity contribution in [1.82, 2.24) is 0 Å². The molecule has 1 aromatic carbocycles. The molecule has 3 nitrogen and oxygen atoms in total. The van der Waals surface area contributed by atoms with Crippen LogP contribution in [0.4, 0.5) is 8.78 Å². The SMILES string of the molecule is CC(C)(C)OC(=O)[C@H]1CCC(c2cc(F)cc(F)c2)=N1. The summed E-state index contributed by atoms with van der Waals surface area (Å²) in [6.45, 7) is 5.35. The van der Waals surface area contributed by atoms with Crippen LogP contribution in [-0.2, 0) is 9.53 Å². The zero-order valence-electron chi connectivity index (χ0n) is 11.7. The molecule has 1 atom stereocenters. The predicted octanol–water partition coefficient (Wildman–Crippen LogP) is 3.26. The molecule has 2 rings (SSSR count). The van der Waals surface area contributed by atoms with Gasteiger partial charge in [-0.15, -0.1) is 0 Å². The van der Waals surface area contributed by atoms with E-state index in [9.17, 15) is 13.6 Å². The van der Waals surface area contributed by atoms with Crippen LogP contribution >= 0.6 is 0 Å². The van der Waals surface area contributed by atoms with Crippen LogP contribution in [0.3, 0.4) is 0 Å². The quantitative estimate of drug-likeness (QED) is 0.780. The van der Waals surface area contributed by atoms with Gasteiger partial charge in [0, 0.05) is 17.3 Å². The lowest BCUT2D eigenvalue weighted by Crippen LogP contribution is -2.29. The van der Waals surface area contributed by atoms with E-state index in [0.29, 0.717) is 24.1 Å². The van der Waals surface area contributed by atoms with Gasteiger partial charge in [-0.05, 0) is 45.7 Å². The predicted molar refractivity (Wildman–Crippen MR) is 71.8 cm³/mol. The summed E-state index contributed by atoms with van der Waals surface area (Å²) >= 11 is 0. The highest BCUT2D eigenvalue weighted by atomic mass is 19.1. The molecule has 1 aliphatic rings. The molecule has 0 aliphatic carbocycles. The third kappa shape index (κ3) is 3.62. The van der Waals surface area contributed by atoms with E-state index in [2.05, 4.69) is 4.99 Å². The van der Waals surface area contributed by atoms with Crippen molar-refractivity contribution in [2.45, 2.75) is 45.3 Å². The number of nitrogens with zero attached hydrogens (tertiary/aromatic N) is 1. The fraction of sp³-hybridized carbons (Fsp3) is 0.467. The van der Waals surface area contributed by atoms with Gasteiger partial charge in [0.2, 0.25) is 0 Å². The standard InChI is InChI=1S/C15H17F2NO2/c1-15(2,3)20-14(19)13-5-4-12(18-13)9-6-10(16)8-11(17)7-9/h6-8,13H,4-5H2,1-3H3/t13-/m1/s1. The fourth-order valence-corrected chi connectivity index (χ4v) is 2.07. The topological polar surface area (TPSA) is 38.7 Å². The number of ether oxygens (including phenoxy) is 1. The van der Waals surface area contributed by atoms with E-state index in [1.54, 1.807) is 20.8 Å². The molecule has 0 aromatic heterocycles. The largest absolute Gasteiger partial charge is 0.458 e. The van der Waals surface area contributed by atoms with Crippen LogP contribution in [-0.4, -0.2) is 23.3 Å². The molecule has 0 saturated carbocycles. The van der Waals surface area contributed by atoms with Gasteiger partial charge < -0.3 is 4.74 Å². The van der Waals surface area contributed by atoms with Gasteiger partial charge in [-0.1, -0.05) is 0 Å². The lowest BCUT2D eigenvalue weighted by molar-refractivity contribution is -0.156. The van der Waals surface area contributed by atoms with Gasteiger partial charge >= 0.3 is 5.97 Å². The Hall–Kier alpha value is -1.78. The zero-order chi connectivity index (χ0) is 14.9. The van der Waals surface area contributed by atoms with Crippen LogP contribution in [0.2, 0.25) is 0 Å². The molecule has 0 N–H and O–H groups in total. The van der Waals surface area contributed by atoms with Crippen LogP contribution in [0.1, 0.15) is 39.2 Å². The Morgan fingerprint density at radius 1 is 1.25 bits per heavy atom. The normalized spacial score (nSPS) is 18.9. The second-order valence-electron chi connectivity index (χ2n) is 5.82. The maximum Gasteiger partial charge on any atom is 0.331 e. The Labute approximate surface area is 116 Å². The van der Waals surface area contributed by atoms with Crippen molar-refractivity contribution < 1.29 is 18.3 Å². The van der Waals surface area contributed by atoms with E-state index in [1.807, 2.05) is 0 Å². The molecule has 5 heteroatoms. The number of carbonyl (C=O) groups is 1. The second-order valence-corrected chi connectivity index (χ2v) is 5.82. The van der Waals surface area contributed by atoms with Gasteiger partial charge in [0.05, 0.1) is 0 Å². The number of benzene rings is 1. The average molecular weight is 281 g/mol. The molecule has 108 valence electrons. The zero-order valence-corrected chi connectivity index (χ0v) is 11.7. The summed E-state index contributed by atoms with van der Waals surface area (Å²) in [7, 11) is 0. The number of aliphatic imine (C=N–C) groups is 1. The fourth-order valence-electron chi connectivity index (χ4n) is 2.07. The highest BCUT2D eigenvalue weighted by Gasteiger charge is 2.29. The van der Waals surface area contributed by atoms with E-state index in [4.69, 9.17) is 4.74 Å². The minimum Gasteiger partial charge on any atom is -0.458 e. The van der Waals surface area contributed by atoms with Crippen molar-refractivity contribution in [3.63, 3.8) is 0 Å². The summed E-state index contributed by atoms with van der Waals surface area (Å²) in [5, 5.41) is 0. The van der Waals surface area contributed by atoms with E-state index in [1.165, 1.54) is 12.1 Å². The highest BCUT2D eigenvalue weighted by molar-refractivity contribution is 6.03. The Kier molecular flexibility index (Phi) is 3.88. The molecule has 0 spiro atoms. The van der Waals surface area contributed by atoms with E-state index in [-0.39, 0.29) is 0 Å². The highest BCUT2D eigenvalue weighted by Crippen LogP contribution is 2.22. The van der Waals surface area contributed by atoms with Crippen molar-refractivity contribution in [1.29, 1.82) is 0 Å². The molecule has 1 aromatic rings. The van der Waals surface area contributed by atoms with Crippen molar-refractivity contribution >= 4 is 11.7 Å². The lowest BCUT2D eigenvalue weighted by atomic mass is 10.1. The van der Waals surface area contributed by atoms with Gasteiger partial charge in [0.1, 0.15) is 23.3 Å². The maximum atomic E-state index is 13.2. The van der Waals surface area contributed by atoms with Crippen LogP contribution < -0.4 is 0 Å². The molecule has 0 fully saturated rings. The first kappa shape index (κ1) is 14.6. The Morgan fingerprint density at radius 3 is 2.40 bits per heavy atom. The van der Waals surface area contributed by atoms with E-state index >= 15 is 0 Å². The molecular weight excluding hydrogens is 264 g/mol. The number of hydrogen-bond donors (Lipinski definition) is 0. The van der Waals surface area contributed by atoms with Crippen LogP contribution in [0.25, 0.3) is 0 Å². The summed E-state index contributed by atoms with van der Waals surface area (Å²) in [5.74, 6) is -1.70. The van der Waals surface area contributed by atoms with Gasteiger partial charge in [-0.25, -0.2) is 13.6 Å². The summed E-state index contributed by atoms with van der Waals surface area (Å²) in [6.07, 6.45) is 1.01. The number of esters is 1. The first-order valence-electron chi connectivity index (χ1n) is 6.50. The summed E-state index contributed by atoms with van der Waals surface area (Å²) in [6, 6.07) is 2.67. The van der Waals surface area contributed by atoms with Gasteiger partial charge in [0.15, 0.2) is 0 Å².